The summed E-state index contributed by atoms with van der Waals surface area (Å²) < 4.78 is 37.4. The van der Waals surface area contributed by atoms with Gasteiger partial charge in [0.05, 0.1) is 0 Å². The quantitative estimate of drug-likeness (QED) is 0.678. The maximum atomic E-state index is 12.5. The minimum absolute atomic E-state index is 0.422. The predicted molar refractivity (Wildman–Crippen MR) is 44.6 cm³/mol. The van der Waals surface area contributed by atoms with Gasteiger partial charge in [-0.1, -0.05) is 0 Å². The second-order valence-corrected chi connectivity index (χ2v) is 3.65. The lowest BCUT2D eigenvalue weighted by Gasteiger charge is -2.37. The Balaban J connectivity index is 2.67. The highest BCUT2D eigenvalue weighted by atomic mass is 19.4. The van der Waals surface area contributed by atoms with Gasteiger partial charge >= 0.3 is 6.18 Å². The molecule has 0 unspecified atom stereocenters. The maximum absolute atomic E-state index is 12.5. The monoisotopic (exact) mass is 196 g/mol. The van der Waals surface area contributed by atoms with Crippen molar-refractivity contribution in [1.82, 2.24) is 10.2 Å². The molecule has 13 heavy (non-hydrogen) atoms. The van der Waals surface area contributed by atoms with Crippen LogP contribution >= 0.6 is 0 Å². The highest BCUT2D eigenvalue weighted by Crippen LogP contribution is 2.28. The van der Waals surface area contributed by atoms with Gasteiger partial charge in [-0.05, 0) is 33.5 Å². The highest BCUT2D eigenvalue weighted by molar-refractivity contribution is 4.91. The summed E-state index contributed by atoms with van der Waals surface area (Å²) in [6, 6.07) is -1.79. The van der Waals surface area contributed by atoms with Crippen molar-refractivity contribution in [2.24, 2.45) is 0 Å². The number of nitrogens with zero attached hydrogens (tertiary/aromatic N) is 1. The van der Waals surface area contributed by atoms with E-state index in [9.17, 15) is 13.2 Å². The lowest BCUT2D eigenvalue weighted by atomic mass is 9.97. The molecule has 2 atom stereocenters. The van der Waals surface area contributed by atoms with Crippen molar-refractivity contribution in [2.45, 2.75) is 31.1 Å². The smallest absolute Gasteiger partial charge is 0.305 e. The number of likely N-dealkylation sites (N-methyl/N-ethyl adjacent to an activating group) is 1. The van der Waals surface area contributed by atoms with Gasteiger partial charge in [0, 0.05) is 6.04 Å². The molecule has 2 nitrogen and oxygen atoms in total. The fourth-order valence-corrected chi connectivity index (χ4v) is 1.76. The third-order valence-corrected chi connectivity index (χ3v) is 2.44. The molecule has 0 aliphatic carbocycles. The van der Waals surface area contributed by atoms with Gasteiger partial charge in [0.2, 0.25) is 0 Å². The van der Waals surface area contributed by atoms with Crippen LogP contribution in [-0.2, 0) is 0 Å². The molecular weight excluding hydrogens is 181 g/mol. The number of rotatable bonds is 1. The number of alkyl halides is 3. The standard InChI is InChI=1S/C8H15F3N2/c1-13(2)6-4-3-5-12-7(6)8(9,10)11/h6-7,12H,3-5H2,1-2H3/t6-,7+/m1/s1. The van der Waals surface area contributed by atoms with Crippen LogP contribution in [0.1, 0.15) is 12.8 Å². The van der Waals surface area contributed by atoms with Crippen LogP contribution in [0.4, 0.5) is 13.2 Å². The Labute approximate surface area is 76.1 Å². The summed E-state index contributed by atoms with van der Waals surface area (Å²) in [4.78, 5) is 1.64. The topological polar surface area (TPSA) is 15.3 Å². The predicted octanol–water partition coefficient (Wildman–Crippen LogP) is 1.23. The molecule has 5 heteroatoms. The molecule has 0 radical (unpaired) electrons. The first-order chi connectivity index (χ1) is 5.93. The van der Waals surface area contributed by atoms with Crippen LogP contribution in [0.15, 0.2) is 0 Å². The summed E-state index contributed by atoms with van der Waals surface area (Å²) in [6.07, 6.45) is -2.70. The number of hydrogen-bond donors (Lipinski definition) is 1. The van der Waals surface area contributed by atoms with Crippen molar-refractivity contribution in [2.75, 3.05) is 20.6 Å². The molecule has 1 saturated heterocycles. The molecule has 1 aliphatic heterocycles. The van der Waals surface area contributed by atoms with Gasteiger partial charge in [0.1, 0.15) is 6.04 Å². The van der Waals surface area contributed by atoms with Crippen molar-refractivity contribution in [1.29, 1.82) is 0 Å². The summed E-state index contributed by atoms with van der Waals surface area (Å²) in [5, 5.41) is 2.52. The maximum Gasteiger partial charge on any atom is 0.405 e. The van der Waals surface area contributed by atoms with Gasteiger partial charge in [0.15, 0.2) is 0 Å². The van der Waals surface area contributed by atoms with Crippen molar-refractivity contribution in [3.8, 4) is 0 Å². The van der Waals surface area contributed by atoms with E-state index in [2.05, 4.69) is 5.32 Å². The van der Waals surface area contributed by atoms with E-state index in [1.165, 1.54) is 0 Å². The average Bonchev–Trinajstić information content (AvgIpc) is 2.03. The minimum Gasteiger partial charge on any atom is -0.305 e. The summed E-state index contributed by atoms with van der Waals surface area (Å²) in [7, 11) is 3.38. The Hall–Kier alpha value is -0.290. The summed E-state index contributed by atoms with van der Waals surface area (Å²) in [5.74, 6) is 0. The number of hydrogen-bond acceptors (Lipinski definition) is 2. The van der Waals surface area contributed by atoms with Crippen molar-refractivity contribution in [3.63, 3.8) is 0 Å². The zero-order valence-corrected chi connectivity index (χ0v) is 7.86. The van der Waals surface area contributed by atoms with Gasteiger partial charge < -0.3 is 10.2 Å². The van der Waals surface area contributed by atoms with Crippen LogP contribution in [-0.4, -0.2) is 43.8 Å². The van der Waals surface area contributed by atoms with Crippen molar-refractivity contribution < 1.29 is 13.2 Å². The summed E-state index contributed by atoms with van der Waals surface area (Å²) in [6.45, 7) is 0.467. The summed E-state index contributed by atoms with van der Waals surface area (Å²) >= 11 is 0. The molecule has 0 spiro atoms. The number of nitrogens with one attached hydrogen (secondary N) is 1. The van der Waals surface area contributed by atoms with E-state index in [4.69, 9.17) is 0 Å². The molecule has 0 aromatic carbocycles. The van der Waals surface area contributed by atoms with Crippen LogP contribution in [0, 0.1) is 0 Å². The Morgan fingerprint density at radius 3 is 2.31 bits per heavy atom. The second-order valence-electron chi connectivity index (χ2n) is 3.65. The molecule has 0 bridgehead atoms. The second kappa shape index (κ2) is 3.84. The minimum atomic E-state index is -4.13. The van der Waals surface area contributed by atoms with Gasteiger partial charge in [0.25, 0.3) is 0 Å². The molecule has 1 aliphatic rings. The number of halogens is 3. The Bertz CT molecular complexity index is 167. The van der Waals surface area contributed by atoms with Crippen molar-refractivity contribution in [3.05, 3.63) is 0 Å². The lowest BCUT2D eigenvalue weighted by Crippen LogP contribution is -2.58. The van der Waals surface area contributed by atoms with Crippen LogP contribution in [0.2, 0.25) is 0 Å². The normalized spacial score (nSPS) is 30.9. The molecule has 1 heterocycles. The zero-order valence-electron chi connectivity index (χ0n) is 7.86. The largest absolute Gasteiger partial charge is 0.405 e. The van der Waals surface area contributed by atoms with Gasteiger partial charge in [-0.2, -0.15) is 13.2 Å². The molecule has 0 amide bonds. The first kappa shape index (κ1) is 10.8. The van der Waals surface area contributed by atoms with Crippen LogP contribution < -0.4 is 5.32 Å². The Kier molecular flexibility index (Phi) is 3.18. The third-order valence-electron chi connectivity index (χ3n) is 2.44. The van der Waals surface area contributed by atoms with E-state index in [0.717, 1.165) is 6.42 Å². The van der Waals surface area contributed by atoms with E-state index in [1.54, 1.807) is 19.0 Å². The first-order valence-corrected chi connectivity index (χ1v) is 4.39. The molecule has 0 aromatic rings. The summed E-state index contributed by atoms with van der Waals surface area (Å²) in [5.41, 5.74) is 0. The molecule has 78 valence electrons. The molecule has 1 fully saturated rings. The van der Waals surface area contributed by atoms with Gasteiger partial charge in [-0.25, -0.2) is 0 Å². The van der Waals surface area contributed by atoms with Gasteiger partial charge in [-0.15, -0.1) is 0 Å². The lowest BCUT2D eigenvalue weighted by molar-refractivity contribution is -0.173. The highest BCUT2D eigenvalue weighted by Gasteiger charge is 2.46. The fourth-order valence-electron chi connectivity index (χ4n) is 1.76. The third kappa shape index (κ3) is 2.57. The van der Waals surface area contributed by atoms with Crippen LogP contribution in [0.3, 0.4) is 0 Å². The van der Waals surface area contributed by atoms with Crippen LogP contribution in [0.5, 0.6) is 0 Å². The average molecular weight is 196 g/mol. The molecule has 1 N–H and O–H groups in total. The number of piperidine rings is 1. The van der Waals surface area contributed by atoms with Crippen LogP contribution in [0.25, 0.3) is 0 Å². The van der Waals surface area contributed by atoms with Gasteiger partial charge in [-0.3, -0.25) is 0 Å². The SMILES string of the molecule is CN(C)[C@@H]1CCCN[C@@H]1C(F)(F)F. The first-order valence-electron chi connectivity index (χ1n) is 4.39. The van der Waals surface area contributed by atoms with E-state index >= 15 is 0 Å². The fraction of sp³-hybridized carbons (Fsp3) is 1.00. The van der Waals surface area contributed by atoms with Crippen molar-refractivity contribution >= 4 is 0 Å². The van der Waals surface area contributed by atoms with E-state index in [0.29, 0.717) is 13.0 Å². The molecule has 0 saturated carbocycles. The molecule has 1 rings (SSSR count). The van der Waals surface area contributed by atoms with E-state index < -0.39 is 18.3 Å². The van der Waals surface area contributed by atoms with E-state index in [1.807, 2.05) is 0 Å². The molecular formula is C8H15F3N2. The zero-order chi connectivity index (χ0) is 10.1. The Morgan fingerprint density at radius 2 is 1.92 bits per heavy atom. The Morgan fingerprint density at radius 1 is 1.31 bits per heavy atom. The molecule has 0 aromatic heterocycles. The van der Waals surface area contributed by atoms with E-state index in [-0.39, 0.29) is 0 Å².